The summed E-state index contributed by atoms with van der Waals surface area (Å²) >= 11 is 0. The minimum Gasteiger partial charge on any atom is -0.393 e. The zero-order valence-electron chi connectivity index (χ0n) is 41.9. The number of hydrogen-bond acceptors (Lipinski definition) is 14. The molecule has 14 heteroatoms. The Kier molecular flexibility index (Phi) is 8.55. The zero-order valence-corrected chi connectivity index (χ0v) is 41.9. The van der Waals surface area contributed by atoms with E-state index in [-0.39, 0.29) is 72.4 Å². The van der Waals surface area contributed by atoms with Crippen LogP contribution in [0.25, 0.3) is 0 Å². The third-order valence-electron chi connectivity index (χ3n) is 24.2. The van der Waals surface area contributed by atoms with Gasteiger partial charge < -0.3 is 54.3 Å². The van der Waals surface area contributed by atoms with Crippen molar-refractivity contribution < 1.29 is 59.1 Å². The van der Waals surface area contributed by atoms with Gasteiger partial charge in [0.1, 0.15) is 35.1 Å². The molecule has 13 aliphatic rings. The van der Waals surface area contributed by atoms with Crippen molar-refractivity contribution in [3.63, 3.8) is 0 Å². The van der Waals surface area contributed by atoms with Crippen molar-refractivity contribution >= 4 is 5.78 Å². The van der Waals surface area contributed by atoms with E-state index in [0.29, 0.717) is 38.0 Å². The minimum absolute atomic E-state index is 0.0323. The number of aliphatic hydroxyl groups is 6. The molecule has 5 aliphatic heterocycles. The molecular formula is C55H74N2O12. The highest BCUT2D eigenvalue weighted by atomic mass is 16.7. The quantitative estimate of drug-likeness (QED) is 0.174. The normalized spacial score (nSPS) is 59.6. The Morgan fingerprint density at radius 3 is 2.17 bits per heavy atom. The Hall–Kier alpha value is -2.21. The molecule has 0 radical (unpaired) electrons. The SMILES string of the molecule is C[C@@H]1[C@]2(O[C@@H]3C=C4[C@@H]5CC[C@H]6Cc7nc8c(nc7C[C@]6(C)[C@H]5C[C@H](O)[C@]4(C)[C@]13O)C[C@@H]1CC[C@@]3(O)C(=CC(=O)[C@]45CO[C@@]6(OC(C)(C)[C@@H](C)[C@@H]6O)[C@@H](C)[C@H]4C[C@H]4O[C@@]435)[C@@]1(C)C8)O[C@](C)(CO)C[C@@H]2O. The number of aromatic nitrogens is 2. The molecular weight excluding hydrogens is 881 g/mol. The number of hydrogen-bond donors (Lipinski definition) is 6. The molecule has 9 fully saturated rings. The lowest BCUT2D eigenvalue weighted by atomic mass is 9.44. The van der Waals surface area contributed by atoms with Crippen molar-refractivity contribution in [3.8, 4) is 0 Å². The van der Waals surface area contributed by atoms with Crippen LogP contribution in [0.3, 0.4) is 0 Å². The van der Waals surface area contributed by atoms with Gasteiger partial charge in [-0.15, -0.1) is 0 Å². The largest absolute Gasteiger partial charge is 0.393 e. The number of ether oxygens (including phenoxy) is 5. The maximum Gasteiger partial charge on any atom is 0.201 e. The predicted molar refractivity (Wildman–Crippen MR) is 246 cm³/mol. The summed E-state index contributed by atoms with van der Waals surface area (Å²) in [5.41, 5.74) is -2.50. The van der Waals surface area contributed by atoms with Gasteiger partial charge in [-0.25, -0.2) is 0 Å². The molecule has 6 heterocycles. The summed E-state index contributed by atoms with van der Waals surface area (Å²) in [5.74, 6) is -3.37. The van der Waals surface area contributed by atoms with Crippen LogP contribution < -0.4 is 0 Å². The monoisotopic (exact) mass is 955 g/mol. The van der Waals surface area contributed by atoms with E-state index in [9.17, 15) is 30.6 Å². The van der Waals surface area contributed by atoms with Crippen LogP contribution in [0.5, 0.6) is 0 Å². The highest BCUT2D eigenvalue weighted by Gasteiger charge is 2.91. The molecule has 0 unspecified atom stereocenters. The molecule has 23 atom stereocenters. The van der Waals surface area contributed by atoms with Crippen LogP contribution in [0, 0.1) is 69.0 Å². The molecule has 4 saturated carbocycles. The fourth-order valence-electron chi connectivity index (χ4n) is 19.9. The number of aliphatic hydroxyl groups excluding tert-OH is 4. The lowest BCUT2D eigenvalue weighted by Gasteiger charge is -2.62. The first-order valence-electron chi connectivity index (χ1n) is 26.7. The molecule has 8 aliphatic carbocycles. The van der Waals surface area contributed by atoms with Gasteiger partial charge in [0.05, 0.1) is 64.8 Å². The first-order chi connectivity index (χ1) is 32.3. The Bertz CT molecular complexity index is 2590. The second-order valence-corrected chi connectivity index (χ2v) is 26.9. The molecule has 14 rings (SSSR count). The van der Waals surface area contributed by atoms with Gasteiger partial charge in [-0.2, -0.15) is 0 Å². The summed E-state index contributed by atoms with van der Waals surface area (Å²) in [5, 5.41) is 72.0. The molecule has 69 heavy (non-hydrogen) atoms. The van der Waals surface area contributed by atoms with Crippen LogP contribution in [0.4, 0.5) is 0 Å². The van der Waals surface area contributed by atoms with Crippen molar-refractivity contribution in [2.75, 3.05) is 13.2 Å². The molecule has 1 aromatic rings. The van der Waals surface area contributed by atoms with E-state index in [1.165, 1.54) is 0 Å². The summed E-state index contributed by atoms with van der Waals surface area (Å²) in [7, 11) is 0. The van der Waals surface area contributed by atoms with Gasteiger partial charge in [0.2, 0.25) is 5.79 Å². The Morgan fingerprint density at radius 1 is 0.783 bits per heavy atom. The number of nitrogens with zero attached hydrogens (tertiary/aromatic N) is 2. The smallest absolute Gasteiger partial charge is 0.201 e. The van der Waals surface area contributed by atoms with Gasteiger partial charge in [0.15, 0.2) is 11.6 Å². The van der Waals surface area contributed by atoms with Gasteiger partial charge in [0.25, 0.3) is 0 Å². The molecule has 0 aromatic carbocycles. The molecule has 0 bridgehead atoms. The molecule has 376 valence electrons. The van der Waals surface area contributed by atoms with Crippen molar-refractivity contribution in [1.82, 2.24) is 9.97 Å². The van der Waals surface area contributed by atoms with Gasteiger partial charge >= 0.3 is 0 Å². The molecule has 6 N–H and O–H groups in total. The summed E-state index contributed by atoms with van der Waals surface area (Å²) in [6.45, 7) is 18.0. The first kappa shape index (κ1) is 45.4. The van der Waals surface area contributed by atoms with Crippen LogP contribution in [-0.4, -0.2) is 130 Å². The van der Waals surface area contributed by atoms with Crippen LogP contribution in [0.1, 0.15) is 130 Å². The number of epoxide rings is 1. The second-order valence-electron chi connectivity index (χ2n) is 26.9. The van der Waals surface area contributed by atoms with Crippen LogP contribution >= 0.6 is 0 Å². The minimum atomic E-state index is -1.52. The van der Waals surface area contributed by atoms with Crippen LogP contribution in [-0.2, 0) is 54.2 Å². The molecule has 0 amide bonds. The van der Waals surface area contributed by atoms with Crippen molar-refractivity contribution in [2.45, 2.75) is 203 Å². The van der Waals surface area contributed by atoms with E-state index in [2.05, 4.69) is 26.8 Å². The number of ketones is 1. The van der Waals surface area contributed by atoms with Gasteiger partial charge in [-0.05, 0) is 125 Å². The van der Waals surface area contributed by atoms with Gasteiger partial charge in [0, 0.05) is 41.4 Å². The van der Waals surface area contributed by atoms with E-state index in [1.54, 1.807) is 13.0 Å². The van der Waals surface area contributed by atoms with E-state index >= 15 is 4.79 Å². The topological polar surface area (TPSA) is 214 Å². The molecule has 5 saturated heterocycles. The molecule has 14 nitrogen and oxygen atoms in total. The highest BCUT2D eigenvalue weighted by molar-refractivity contribution is 6.01. The van der Waals surface area contributed by atoms with Gasteiger partial charge in [-0.3, -0.25) is 14.8 Å². The van der Waals surface area contributed by atoms with E-state index in [4.69, 9.17) is 33.7 Å². The van der Waals surface area contributed by atoms with E-state index < -0.39 is 86.2 Å². The Labute approximate surface area is 405 Å². The number of carbonyl (C=O) groups excluding carboxylic acids is 1. The highest BCUT2D eigenvalue weighted by Crippen LogP contribution is 2.79. The van der Waals surface area contributed by atoms with Crippen molar-refractivity contribution in [1.29, 1.82) is 0 Å². The third-order valence-corrected chi connectivity index (χ3v) is 24.2. The molecule has 4 spiro atoms. The summed E-state index contributed by atoms with van der Waals surface area (Å²) in [4.78, 5) is 26.2. The van der Waals surface area contributed by atoms with Crippen molar-refractivity contribution in [2.24, 2.45) is 69.0 Å². The van der Waals surface area contributed by atoms with Crippen LogP contribution in [0.2, 0.25) is 0 Å². The fourth-order valence-corrected chi connectivity index (χ4v) is 19.9. The number of rotatable bonds is 1. The van der Waals surface area contributed by atoms with E-state index in [1.807, 2.05) is 34.6 Å². The summed E-state index contributed by atoms with van der Waals surface area (Å²) in [6, 6.07) is 0. The second kappa shape index (κ2) is 13.0. The first-order valence-corrected chi connectivity index (χ1v) is 26.7. The van der Waals surface area contributed by atoms with Crippen LogP contribution in [0.15, 0.2) is 23.3 Å². The number of allylic oxidation sites excluding steroid dienone is 1. The number of carbonyl (C=O) groups is 1. The number of fused-ring (bicyclic) bond motifs is 12. The van der Waals surface area contributed by atoms with E-state index in [0.717, 1.165) is 66.0 Å². The maximum absolute atomic E-state index is 15.1. The standard InChI is InChI=1S/C55H74N2O12/c1-25-31-17-43-55(67-43)50(31,24-65-53(25)44(62)26(2)45(4,5)68-53)40(60)19-38-48(8)21-37-35(15-29(48)12-13-51(38,55)63)56-36-20-47(7)28(14-34(36)57-37)10-11-30-32(47)16-39(59)49(9)33(30)18-42-52(49,64)27(3)54(66-42)41(61)22-46(6,23-58)69-54/h18-19,25-32,39,41-44,58-59,61-64H,10-17,20-24H2,1-9H3/t25-,26-,27-,28-,29-,30+,31+,32-,39-,41-,42+,43+,44-,46-,47-,48-,49+,50-,51+,52-,53+,54-,55+/m0/s1. The van der Waals surface area contributed by atoms with Crippen molar-refractivity contribution in [3.05, 3.63) is 46.1 Å². The maximum atomic E-state index is 15.1. The Morgan fingerprint density at radius 2 is 1.49 bits per heavy atom. The lowest BCUT2D eigenvalue weighted by molar-refractivity contribution is -0.347. The van der Waals surface area contributed by atoms with Gasteiger partial charge in [-0.1, -0.05) is 53.2 Å². The Balaban J connectivity index is 0.755. The average molecular weight is 955 g/mol. The average Bonchev–Trinajstić information content (AvgIpc) is 3.57. The zero-order chi connectivity index (χ0) is 48.6. The summed E-state index contributed by atoms with van der Waals surface area (Å²) in [6.07, 6.45) is 7.27. The third kappa shape index (κ3) is 4.69. The molecule has 1 aromatic heterocycles. The summed E-state index contributed by atoms with van der Waals surface area (Å²) < 4.78 is 33.1. The fraction of sp³-hybridized carbons (Fsp3) is 0.836. The lowest BCUT2D eigenvalue weighted by Crippen LogP contribution is -2.73. The predicted octanol–water partition coefficient (Wildman–Crippen LogP) is 4.00.